The summed E-state index contributed by atoms with van der Waals surface area (Å²) in [7, 11) is 0. The van der Waals surface area contributed by atoms with Crippen LogP contribution in [0.4, 0.5) is 5.69 Å². The molecule has 0 fully saturated rings. The number of oxazole rings is 1. The number of carbonyl (C=O) groups excluding carboxylic acids is 1. The molecule has 0 aliphatic rings. The molecule has 8 nitrogen and oxygen atoms in total. The minimum atomic E-state index is -0.512. The molecule has 0 saturated carbocycles. The van der Waals surface area contributed by atoms with Crippen LogP contribution >= 0.6 is 0 Å². The first-order chi connectivity index (χ1) is 32.0. The van der Waals surface area contributed by atoms with Crippen molar-refractivity contribution in [2.75, 3.05) is 13.2 Å². The molecule has 1 aromatic heterocycles. The van der Waals surface area contributed by atoms with Crippen LogP contribution in [0.15, 0.2) is 94.3 Å². The van der Waals surface area contributed by atoms with Crippen LogP contribution in [-0.4, -0.2) is 35.5 Å². The second-order valence-corrected chi connectivity index (χ2v) is 17.8. The van der Waals surface area contributed by atoms with E-state index in [2.05, 4.69) is 23.8 Å². The van der Waals surface area contributed by atoms with Crippen molar-refractivity contribution in [3.63, 3.8) is 0 Å². The normalized spacial score (nSPS) is 11.5. The molecular weight excluding hydrogens is 809 g/mol. The van der Waals surface area contributed by atoms with E-state index in [1.54, 1.807) is 42.6 Å². The fourth-order valence-corrected chi connectivity index (χ4v) is 8.12. The number of aromatic hydroxyl groups is 1. The molecule has 4 aromatic carbocycles. The van der Waals surface area contributed by atoms with E-state index in [1.807, 2.05) is 42.5 Å². The van der Waals surface area contributed by atoms with Gasteiger partial charge in [-0.1, -0.05) is 168 Å². The quantitative estimate of drug-likeness (QED) is 0.0187. The van der Waals surface area contributed by atoms with Crippen molar-refractivity contribution in [3.8, 4) is 34.5 Å². The predicted octanol–water partition coefficient (Wildman–Crippen LogP) is 17.1. The zero-order valence-electron chi connectivity index (χ0n) is 39.8. The van der Waals surface area contributed by atoms with Gasteiger partial charge >= 0.3 is 5.97 Å². The van der Waals surface area contributed by atoms with Gasteiger partial charge < -0.3 is 23.7 Å². The molecule has 0 aliphatic carbocycles. The van der Waals surface area contributed by atoms with Gasteiger partial charge in [-0.2, -0.15) is 0 Å². The van der Waals surface area contributed by atoms with E-state index in [4.69, 9.17) is 18.6 Å². The van der Waals surface area contributed by atoms with Gasteiger partial charge in [-0.25, -0.2) is 9.78 Å². The van der Waals surface area contributed by atoms with Crippen LogP contribution in [0.2, 0.25) is 0 Å². The fourth-order valence-electron chi connectivity index (χ4n) is 8.12. The van der Waals surface area contributed by atoms with Gasteiger partial charge in [0, 0.05) is 29.5 Å². The standard InChI is InChI=1S/C57H78N2O6/c1-3-5-7-9-11-13-15-16-17-18-19-20-22-23-25-27-41-62-50-36-31-47(32-37-50)57(61)64-52-38-33-48(54(60)43-52)45-58-49-34-29-46(30-35-49)56-59-53-40-39-51(44-55(53)65-56)63-42-28-26-24-21-14-12-10-8-6-4-2/h29-40,43-45,60H,3-28,41-42H2,1-2H3. The fraction of sp³-hybridized carbons (Fsp3) is 0.526. The van der Waals surface area contributed by atoms with E-state index < -0.39 is 5.97 Å². The summed E-state index contributed by atoms with van der Waals surface area (Å²) < 4.78 is 23.6. The minimum absolute atomic E-state index is 0.0492. The summed E-state index contributed by atoms with van der Waals surface area (Å²) in [4.78, 5) is 22.1. The SMILES string of the molecule is CCCCCCCCCCCCCCCCCCOc1ccc(C(=O)Oc2ccc(C=Nc3ccc(-c4nc5ccc(OCCCCCCCCCCCC)cc5o4)cc3)c(O)c2)cc1. The van der Waals surface area contributed by atoms with Crippen LogP contribution < -0.4 is 14.2 Å². The van der Waals surface area contributed by atoms with Crippen LogP contribution in [0.5, 0.6) is 23.0 Å². The highest BCUT2D eigenvalue weighted by atomic mass is 16.5. The number of ether oxygens (including phenoxy) is 3. The van der Waals surface area contributed by atoms with E-state index in [1.165, 1.54) is 160 Å². The Morgan fingerprint density at radius 2 is 1.03 bits per heavy atom. The average Bonchev–Trinajstić information content (AvgIpc) is 3.75. The van der Waals surface area contributed by atoms with Crippen molar-refractivity contribution in [3.05, 3.63) is 96.1 Å². The zero-order chi connectivity index (χ0) is 45.6. The number of phenols is 1. The highest BCUT2D eigenvalue weighted by Gasteiger charge is 2.12. The molecule has 0 aliphatic heterocycles. The van der Waals surface area contributed by atoms with Crippen LogP contribution in [0.25, 0.3) is 22.6 Å². The largest absolute Gasteiger partial charge is 0.507 e. The summed E-state index contributed by atoms with van der Waals surface area (Å²) in [6.07, 6.45) is 36.0. The molecule has 1 heterocycles. The molecule has 0 unspecified atom stereocenters. The van der Waals surface area contributed by atoms with Crippen molar-refractivity contribution >= 4 is 29.0 Å². The number of hydrogen-bond donors (Lipinski definition) is 1. The number of unbranched alkanes of at least 4 members (excludes halogenated alkanes) is 24. The summed E-state index contributed by atoms with van der Waals surface area (Å²) in [6.45, 7) is 5.91. The first kappa shape index (κ1) is 50.9. The molecule has 0 amide bonds. The van der Waals surface area contributed by atoms with Crippen molar-refractivity contribution in [2.45, 2.75) is 181 Å². The Morgan fingerprint density at radius 3 is 1.55 bits per heavy atom. The van der Waals surface area contributed by atoms with Crippen molar-refractivity contribution in [1.82, 2.24) is 4.98 Å². The molecule has 0 atom stereocenters. The number of phenolic OH excluding ortho intramolecular Hbond substituents is 1. The lowest BCUT2D eigenvalue weighted by Crippen LogP contribution is -2.08. The molecule has 0 radical (unpaired) electrons. The van der Waals surface area contributed by atoms with Crippen LogP contribution in [0.1, 0.15) is 197 Å². The van der Waals surface area contributed by atoms with Gasteiger partial charge in [0.1, 0.15) is 28.5 Å². The summed E-state index contributed by atoms with van der Waals surface area (Å²) in [5.74, 6) is 1.73. The Bertz CT molecular complexity index is 2070. The zero-order valence-corrected chi connectivity index (χ0v) is 39.8. The predicted molar refractivity (Wildman–Crippen MR) is 269 cm³/mol. The number of benzene rings is 4. The Balaban J connectivity index is 0.943. The third-order valence-electron chi connectivity index (χ3n) is 12.2. The minimum Gasteiger partial charge on any atom is -0.507 e. The number of carbonyl (C=O) groups is 1. The van der Waals surface area contributed by atoms with E-state index in [0.717, 1.165) is 35.4 Å². The number of fused-ring (bicyclic) bond motifs is 1. The summed E-state index contributed by atoms with van der Waals surface area (Å²) >= 11 is 0. The van der Waals surface area contributed by atoms with Gasteiger partial charge in [-0.3, -0.25) is 4.99 Å². The highest BCUT2D eigenvalue weighted by Crippen LogP contribution is 2.30. The van der Waals surface area contributed by atoms with Gasteiger partial charge in [0.15, 0.2) is 5.58 Å². The van der Waals surface area contributed by atoms with Gasteiger partial charge in [-0.15, -0.1) is 0 Å². The van der Waals surface area contributed by atoms with E-state index in [0.29, 0.717) is 41.5 Å². The van der Waals surface area contributed by atoms with E-state index in [9.17, 15) is 9.90 Å². The van der Waals surface area contributed by atoms with Crippen molar-refractivity contribution < 1.29 is 28.5 Å². The number of rotatable bonds is 35. The Hall–Kier alpha value is -5.11. The topological polar surface area (TPSA) is 103 Å². The number of hydrogen-bond acceptors (Lipinski definition) is 8. The Labute approximate surface area is 390 Å². The highest BCUT2D eigenvalue weighted by molar-refractivity contribution is 5.91. The van der Waals surface area contributed by atoms with Gasteiger partial charge in [0.05, 0.1) is 24.5 Å². The van der Waals surface area contributed by atoms with Gasteiger partial charge in [-0.05, 0) is 85.6 Å². The molecular formula is C57H78N2O6. The van der Waals surface area contributed by atoms with Gasteiger partial charge in [0.25, 0.3) is 0 Å². The monoisotopic (exact) mass is 887 g/mol. The van der Waals surface area contributed by atoms with Crippen molar-refractivity contribution in [2.24, 2.45) is 4.99 Å². The number of esters is 1. The molecule has 352 valence electrons. The summed E-state index contributed by atoms with van der Waals surface area (Å²) in [5, 5.41) is 10.7. The van der Waals surface area contributed by atoms with E-state index >= 15 is 0 Å². The van der Waals surface area contributed by atoms with Gasteiger partial charge in [0.2, 0.25) is 5.89 Å². The first-order valence-electron chi connectivity index (χ1n) is 25.5. The second kappa shape index (κ2) is 30.9. The maximum atomic E-state index is 12.9. The molecule has 1 N–H and O–H groups in total. The lowest BCUT2D eigenvalue weighted by Gasteiger charge is -2.08. The number of aromatic nitrogens is 1. The smallest absolute Gasteiger partial charge is 0.343 e. The first-order valence-corrected chi connectivity index (χ1v) is 25.5. The molecule has 8 heteroatoms. The molecule has 0 spiro atoms. The summed E-state index contributed by atoms with van der Waals surface area (Å²) in [6, 6.07) is 25.1. The molecule has 65 heavy (non-hydrogen) atoms. The molecule has 0 bridgehead atoms. The third kappa shape index (κ3) is 19.9. The lowest BCUT2D eigenvalue weighted by molar-refractivity contribution is 0.0734. The molecule has 5 aromatic rings. The van der Waals surface area contributed by atoms with Crippen molar-refractivity contribution in [1.29, 1.82) is 0 Å². The number of nitrogens with zero attached hydrogens (tertiary/aromatic N) is 2. The third-order valence-corrected chi connectivity index (χ3v) is 12.2. The van der Waals surface area contributed by atoms with Crippen LogP contribution in [-0.2, 0) is 0 Å². The second-order valence-electron chi connectivity index (χ2n) is 17.8. The van der Waals surface area contributed by atoms with Crippen LogP contribution in [0.3, 0.4) is 0 Å². The Morgan fingerprint density at radius 1 is 0.554 bits per heavy atom. The van der Waals surface area contributed by atoms with E-state index in [-0.39, 0.29) is 11.5 Å². The van der Waals surface area contributed by atoms with Crippen LogP contribution in [0, 0.1) is 0 Å². The average molecular weight is 887 g/mol. The Kier molecular flexibility index (Phi) is 24.2. The number of aliphatic imine (C=N–C) groups is 1. The summed E-state index contributed by atoms with van der Waals surface area (Å²) in [5.41, 5.74) is 3.88. The lowest BCUT2D eigenvalue weighted by atomic mass is 10.0. The maximum Gasteiger partial charge on any atom is 0.343 e. The molecule has 0 saturated heterocycles. The molecule has 5 rings (SSSR count). The maximum absolute atomic E-state index is 12.9.